The van der Waals surface area contributed by atoms with E-state index in [2.05, 4.69) is 5.32 Å². The van der Waals surface area contributed by atoms with Crippen LogP contribution in [0.25, 0.3) is 0 Å². The van der Waals surface area contributed by atoms with Gasteiger partial charge < -0.3 is 11.1 Å². The van der Waals surface area contributed by atoms with Gasteiger partial charge in [0.1, 0.15) is 0 Å². The fraction of sp³-hybridized carbons (Fsp3) is 0.533. The normalized spacial score (nSPS) is 16.7. The molecule has 3 nitrogen and oxygen atoms in total. The zero-order valence-electron chi connectivity index (χ0n) is 11.4. The third kappa shape index (κ3) is 3.95. The maximum absolute atomic E-state index is 12.1. The van der Waals surface area contributed by atoms with E-state index >= 15 is 0 Å². The van der Waals surface area contributed by atoms with E-state index in [1.54, 1.807) is 0 Å². The van der Waals surface area contributed by atoms with Crippen LogP contribution in [0.3, 0.4) is 0 Å². The predicted octanol–water partition coefficient (Wildman–Crippen LogP) is 2.35. The minimum atomic E-state index is -0.139. The Bertz CT molecular complexity index is 428. The summed E-state index contributed by atoms with van der Waals surface area (Å²) >= 11 is 0. The highest BCUT2D eigenvalue weighted by molar-refractivity contribution is 5.85. The highest BCUT2D eigenvalue weighted by Crippen LogP contribution is 2.28. The van der Waals surface area contributed by atoms with Crippen molar-refractivity contribution in [3.63, 3.8) is 0 Å². The molecule has 1 aromatic carbocycles. The predicted molar refractivity (Wildman–Crippen MR) is 80.5 cm³/mol. The fourth-order valence-corrected chi connectivity index (χ4v) is 2.75. The van der Waals surface area contributed by atoms with Crippen LogP contribution < -0.4 is 11.1 Å². The van der Waals surface area contributed by atoms with Crippen molar-refractivity contribution in [2.24, 2.45) is 5.73 Å². The van der Waals surface area contributed by atoms with Gasteiger partial charge in [-0.2, -0.15) is 0 Å². The lowest BCUT2D eigenvalue weighted by Crippen LogP contribution is -2.52. The molecule has 1 aromatic rings. The van der Waals surface area contributed by atoms with E-state index in [0.29, 0.717) is 13.0 Å². The van der Waals surface area contributed by atoms with Gasteiger partial charge in [-0.05, 0) is 30.9 Å². The number of amides is 1. The Hall–Kier alpha value is -1.06. The molecule has 0 spiro atoms. The van der Waals surface area contributed by atoms with Gasteiger partial charge in [-0.3, -0.25) is 4.79 Å². The number of rotatable bonds is 4. The number of carbonyl (C=O) groups excluding carboxylic acids is 1. The van der Waals surface area contributed by atoms with Crippen LogP contribution in [0.4, 0.5) is 0 Å². The highest BCUT2D eigenvalue weighted by Gasteiger charge is 2.33. The molecule has 0 unspecified atom stereocenters. The van der Waals surface area contributed by atoms with Gasteiger partial charge in [-0.25, -0.2) is 0 Å². The number of nitrogens with one attached hydrogen (secondary N) is 1. The molecule has 1 amide bonds. The summed E-state index contributed by atoms with van der Waals surface area (Å²) in [6.07, 6.45) is 4.82. The van der Waals surface area contributed by atoms with Crippen LogP contribution in [0.2, 0.25) is 0 Å². The molecule has 19 heavy (non-hydrogen) atoms. The standard InChI is InChI=1S/C15H22N2O.ClH/c1-12-6-2-3-7-13(12)10-14(18)17-15(11-16)8-4-5-9-15;/h2-3,6-7H,4-5,8-11,16H2,1H3,(H,17,18);1H. The summed E-state index contributed by atoms with van der Waals surface area (Å²) in [6.45, 7) is 2.59. The largest absolute Gasteiger partial charge is 0.349 e. The zero-order chi connectivity index (χ0) is 13.0. The van der Waals surface area contributed by atoms with Crippen molar-refractivity contribution in [2.45, 2.75) is 44.6 Å². The Kier molecular flexibility index (Phi) is 5.83. The number of carbonyl (C=O) groups is 1. The lowest BCUT2D eigenvalue weighted by atomic mass is 9.97. The van der Waals surface area contributed by atoms with Crippen LogP contribution in [0.1, 0.15) is 36.8 Å². The second kappa shape index (κ2) is 6.92. The van der Waals surface area contributed by atoms with Crippen LogP contribution in [0, 0.1) is 6.92 Å². The SMILES string of the molecule is Cc1ccccc1CC(=O)NC1(CN)CCCC1.Cl. The summed E-state index contributed by atoms with van der Waals surface area (Å²) < 4.78 is 0. The molecule has 0 atom stereocenters. The summed E-state index contributed by atoms with van der Waals surface area (Å²) in [5.41, 5.74) is 7.95. The van der Waals surface area contributed by atoms with E-state index in [9.17, 15) is 4.79 Å². The van der Waals surface area contributed by atoms with Crippen LogP contribution >= 0.6 is 12.4 Å². The van der Waals surface area contributed by atoms with Gasteiger partial charge >= 0.3 is 0 Å². The topological polar surface area (TPSA) is 55.1 Å². The fourth-order valence-electron chi connectivity index (χ4n) is 2.75. The minimum Gasteiger partial charge on any atom is -0.349 e. The summed E-state index contributed by atoms with van der Waals surface area (Å²) in [4.78, 5) is 12.1. The zero-order valence-corrected chi connectivity index (χ0v) is 12.3. The van der Waals surface area contributed by atoms with Gasteiger partial charge in [0.15, 0.2) is 0 Å². The average molecular weight is 283 g/mol. The lowest BCUT2D eigenvalue weighted by Gasteiger charge is -2.28. The molecule has 0 aromatic heterocycles. The monoisotopic (exact) mass is 282 g/mol. The molecule has 4 heteroatoms. The smallest absolute Gasteiger partial charge is 0.224 e. The lowest BCUT2D eigenvalue weighted by molar-refractivity contribution is -0.122. The maximum Gasteiger partial charge on any atom is 0.224 e. The number of aryl methyl sites for hydroxylation is 1. The summed E-state index contributed by atoms with van der Waals surface area (Å²) in [7, 11) is 0. The molecule has 1 saturated carbocycles. The molecule has 1 fully saturated rings. The van der Waals surface area contributed by atoms with Crippen molar-refractivity contribution >= 4 is 18.3 Å². The molecule has 106 valence electrons. The first-order valence-corrected chi connectivity index (χ1v) is 6.71. The number of halogens is 1. The van der Waals surface area contributed by atoms with E-state index in [-0.39, 0.29) is 23.9 Å². The quantitative estimate of drug-likeness (QED) is 0.891. The summed E-state index contributed by atoms with van der Waals surface area (Å²) in [5, 5.41) is 3.15. The molecule has 1 aliphatic rings. The molecular formula is C15H23ClN2O. The Morgan fingerprint density at radius 1 is 1.32 bits per heavy atom. The van der Waals surface area contributed by atoms with Crippen LogP contribution in [0.5, 0.6) is 0 Å². The molecule has 0 radical (unpaired) electrons. The second-order valence-electron chi connectivity index (χ2n) is 5.34. The molecule has 3 N–H and O–H groups in total. The number of hydrogen-bond acceptors (Lipinski definition) is 2. The molecule has 2 rings (SSSR count). The Morgan fingerprint density at radius 3 is 2.53 bits per heavy atom. The van der Waals surface area contributed by atoms with Gasteiger partial charge in [0, 0.05) is 6.54 Å². The molecule has 0 bridgehead atoms. The second-order valence-corrected chi connectivity index (χ2v) is 5.34. The molecule has 0 aliphatic heterocycles. The minimum absolute atomic E-state index is 0. The Balaban J connectivity index is 0.00000180. The van der Waals surface area contributed by atoms with Gasteiger partial charge in [-0.1, -0.05) is 37.1 Å². The van der Waals surface area contributed by atoms with Crippen LogP contribution in [-0.2, 0) is 11.2 Å². The van der Waals surface area contributed by atoms with Gasteiger partial charge in [-0.15, -0.1) is 12.4 Å². The molecule has 1 aliphatic carbocycles. The van der Waals surface area contributed by atoms with E-state index in [0.717, 1.165) is 18.4 Å². The van der Waals surface area contributed by atoms with Crippen LogP contribution in [0.15, 0.2) is 24.3 Å². The van der Waals surface area contributed by atoms with Crippen molar-refractivity contribution in [1.82, 2.24) is 5.32 Å². The highest BCUT2D eigenvalue weighted by atomic mass is 35.5. The number of benzene rings is 1. The first-order valence-electron chi connectivity index (χ1n) is 6.71. The van der Waals surface area contributed by atoms with Crippen molar-refractivity contribution in [2.75, 3.05) is 6.54 Å². The van der Waals surface area contributed by atoms with Crippen molar-refractivity contribution in [1.29, 1.82) is 0 Å². The third-order valence-corrected chi connectivity index (χ3v) is 3.97. The first-order chi connectivity index (χ1) is 8.65. The van der Waals surface area contributed by atoms with E-state index < -0.39 is 0 Å². The molecule has 0 heterocycles. The van der Waals surface area contributed by atoms with Crippen molar-refractivity contribution in [3.05, 3.63) is 35.4 Å². The van der Waals surface area contributed by atoms with Crippen molar-refractivity contribution in [3.8, 4) is 0 Å². The number of nitrogens with two attached hydrogens (primary N) is 1. The van der Waals surface area contributed by atoms with E-state index in [1.807, 2.05) is 31.2 Å². The molecular weight excluding hydrogens is 260 g/mol. The Labute approximate surface area is 121 Å². The van der Waals surface area contributed by atoms with E-state index in [4.69, 9.17) is 5.73 Å². The number of hydrogen-bond donors (Lipinski definition) is 2. The third-order valence-electron chi connectivity index (χ3n) is 3.97. The van der Waals surface area contributed by atoms with Gasteiger partial charge in [0.05, 0.1) is 12.0 Å². The Morgan fingerprint density at radius 2 is 1.95 bits per heavy atom. The average Bonchev–Trinajstić information content (AvgIpc) is 2.81. The van der Waals surface area contributed by atoms with Crippen LogP contribution in [-0.4, -0.2) is 18.0 Å². The van der Waals surface area contributed by atoms with Gasteiger partial charge in [0.25, 0.3) is 0 Å². The summed E-state index contributed by atoms with van der Waals surface area (Å²) in [6, 6.07) is 8.02. The first kappa shape index (κ1) is 16.0. The van der Waals surface area contributed by atoms with E-state index in [1.165, 1.54) is 18.4 Å². The summed E-state index contributed by atoms with van der Waals surface area (Å²) in [5.74, 6) is 0.0941. The van der Waals surface area contributed by atoms with Gasteiger partial charge in [0.2, 0.25) is 5.91 Å². The van der Waals surface area contributed by atoms with Crippen molar-refractivity contribution < 1.29 is 4.79 Å². The maximum atomic E-state index is 12.1. The molecule has 0 saturated heterocycles.